The number of esters is 1. The Hall–Kier alpha value is -5.22. The number of aromatic hydroxyl groups is 1. The van der Waals surface area contributed by atoms with Gasteiger partial charge >= 0.3 is 18.1 Å². The number of nitrogens with two attached hydrogens (primary N) is 1. The number of phenols is 1. The number of anilines is 1. The number of carbonyl (C=O) groups is 6. The topological polar surface area (TPSA) is 207 Å². The Kier molecular flexibility index (Phi) is 15.0. The molecule has 0 radical (unpaired) electrons. The summed E-state index contributed by atoms with van der Waals surface area (Å²) in [5.41, 5.74) is 7.56. The van der Waals surface area contributed by atoms with Crippen LogP contribution in [0, 0.1) is 24.2 Å². The number of nitrogens with one attached hydrogen (secondary N) is 2. The Bertz CT molecular complexity index is 2030. The van der Waals surface area contributed by atoms with Gasteiger partial charge in [0.15, 0.2) is 20.3 Å². The molecular weight excluding hydrogens is 811 g/mol. The van der Waals surface area contributed by atoms with Gasteiger partial charge in [0, 0.05) is 25.6 Å². The van der Waals surface area contributed by atoms with Crippen molar-refractivity contribution in [1.82, 2.24) is 15.5 Å². The smallest absolute Gasteiger partial charge is 0.416 e. The maximum absolute atomic E-state index is 14.5. The monoisotopic (exact) mass is 875 g/mol. The number of fused-ring (bicyclic) bond motifs is 2. The van der Waals surface area contributed by atoms with Crippen LogP contribution < -0.4 is 21.3 Å². The number of aryl methyl sites for hydroxylation is 1. The van der Waals surface area contributed by atoms with Crippen molar-refractivity contribution in [2.75, 3.05) is 24.6 Å². The first kappa shape index (κ1) is 47.8. The predicted octanol–water partition coefficient (Wildman–Crippen LogP) is 6.64. The van der Waals surface area contributed by atoms with Crippen molar-refractivity contribution < 1.29 is 47.8 Å². The lowest BCUT2D eigenvalue weighted by atomic mass is 9.90. The van der Waals surface area contributed by atoms with Gasteiger partial charge in [-0.1, -0.05) is 71.5 Å². The fourth-order valence-electron chi connectivity index (χ4n) is 7.87. The number of nitrogens with zero attached hydrogens (tertiary/aromatic N) is 2. The molecular formula is C46H65N5O10Si. The van der Waals surface area contributed by atoms with Crippen LogP contribution in [0.2, 0.25) is 18.1 Å². The molecule has 3 aliphatic rings. The van der Waals surface area contributed by atoms with Crippen LogP contribution >= 0.6 is 0 Å². The molecule has 2 aliphatic heterocycles. The molecule has 2 aromatic carbocycles. The summed E-state index contributed by atoms with van der Waals surface area (Å²) in [4.78, 5) is 83.0. The second-order valence-corrected chi connectivity index (χ2v) is 23.8. The van der Waals surface area contributed by atoms with Crippen LogP contribution in [-0.4, -0.2) is 92.0 Å². The zero-order chi connectivity index (χ0) is 45.7. The summed E-state index contributed by atoms with van der Waals surface area (Å²) < 4.78 is 18.2. The van der Waals surface area contributed by atoms with Crippen LogP contribution in [0.5, 0.6) is 5.75 Å². The zero-order valence-corrected chi connectivity index (χ0v) is 38.5. The minimum Gasteiger partial charge on any atom is -0.508 e. The van der Waals surface area contributed by atoms with Crippen molar-refractivity contribution in [1.29, 1.82) is 0 Å². The molecule has 15 nitrogen and oxygen atoms in total. The van der Waals surface area contributed by atoms with Gasteiger partial charge < -0.3 is 40.3 Å². The van der Waals surface area contributed by atoms with Crippen molar-refractivity contribution in [3.8, 4) is 5.75 Å². The SMILES string of the molecule is C=CCOC(=O)C[C@H](C(=O)NC(CCCNC(N)=O)C(=O)Cc1ccc(COC(=O)N2c3cc(O)c(C)cc3C(=O)N3CC4(CC4)C[C@H]3C2O[Si](C)(C)C(C)(C)C)cc1)C(C)C. The molecule has 0 bridgehead atoms. The fraction of sp³-hybridized carbons (Fsp3) is 0.565. The van der Waals surface area contributed by atoms with Crippen molar-refractivity contribution >= 4 is 49.7 Å². The van der Waals surface area contributed by atoms with Crippen LogP contribution in [0.3, 0.4) is 0 Å². The third kappa shape index (κ3) is 11.4. The Balaban J connectivity index is 1.34. The lowest BCUT2D eigenvalue weighted by molar-refractivity contribution is -0.146. The third-order valence-corrected chi connectivity index (χ3v) is 17.3. The Labute approximate surface area is 366 Å². The molecule has 1 spiro atoms. The number of phenolic OH excluding ortho intramolecular Hbond substituents is 1. The van der Waals surface area contributed by atoms with Crippen LogP contribution in [0.15, 0.2) is 49.1 Å². The van der Waals surface area contributed by atoms with E-state index in [1.807, 2.05) is 18.7 Å². The summed E-state index contributed by atoms with van der Waals surface area (Å²) in [5.74, 6) is -2.51. The lowest BCUT2D eigenvalue weighted by Crippen LogP contribution is -2.58. The molecule has 4 atom stereocenters. The van der Waals surface area contributed by atoms with E-state index in [-0.39, 0.29) is 78.5 Å². The van der Waals surface area contributed by atoms with E-state index in [1.165, 1.54) is 17.0 Å². The number of carbonyl (C=O) groups excluding carboxylic acids is 6. The molecule has 2 unspecified atom stereocenters. The van der Waals surface area contributed by atoms with Gasteiger partial charge in [-0.25, -0.2) is 14.5 Å². The van der Waals surface area contributed by atoms with Gasteiger partial charge in [0.25, 0.3) is 5.91 Å². The van der Waals surface area contributed by atoms with Gasteiger partial charge in [-0.3, -0.25) is 19.2 Å². The highest BCUT2D eigenvalue weighted by atomic mass is 28.4. The summed E-state index contributed by atoms with van der Waals surface area (Å²) in [6, 6.07) is 8.05. The molecule has 0 aromatic heterocycles. The molecule has 1 aliphatic carbocycles. The van der Waals surface area contributed by atoms with Crippen LogP contribution in [-0.2, 0) is 41.3 Å². The largest absolute Gasteiger partial charge is 0.508 e. The first-order valence-corrected chi connectivity index (χ1v) is 24.5. The minimum atomic E-state index is -2.56. The summed E-state index contributed by atoms with van der Waals surface area (Å²) >= 11 is 0. The molecule has 2 fully saturated rings. The first-order chi connectivity index (χ1) is 29.1. The van der Waals surface area contributed by atoms with Crippen molar-refractivity contribution in [3.63, 3.8) is 0 Å². The standard InChI is InChI=1S/C46H65N5O10Si/c1-10-20-59-39(54)23-32(28(2)3)40(55)49-34(12-11-19-48-43(47)57)38(53)22-30-13-15-31(16-14-30)26-60-44(58)51-35-24-37(52)29(4)21-33(35)41(56)50-27-46(17-18-46)25-36(50)42(51)61-62(8,9)45(5,6)7/h10,13-16,21,24,28,32,34,36,42,52H,1,11-12,17-20,22-23,25-27H2,2-9H3,(H,49,55)(H3,47,48,57)/t32-,34?,36-,42?/m0/s1. The van der Waals surface area contributed by atoms with Gasteiger partial charge in [0.1, 0.15) is 19.0 Å². The first-order valence-electron chi connectivity index (χ1n) is 21.6. The van der Waals surface area contributed by atoms with E-state index in [0.29, 0.717) is 41.6 Å². The highest BCUT2D eigenvalue weighted by Crippen LogP contribution is 2.57. The maximum atomic E-state index is 14.5. The second-order valence-electron chi connectivity index (χ2n) is 19.0. The van der Waals surface area contributed by atoms with Gasteiger partial charge in [-0.2, -0.15) is 0 Å². The molecule has 1 saturated carbocycles. The minimum absolute atomic E-state index is 0.00281. The van der Waals surface area contributed by atoms with E-state index in [2.05, 4.69) is 51.1 Å². The molecule has 2 aromatic rings. The van der Waals surface area contributed by atoms with Crippen molar-refractivity contribution in [3.05, 3.63) is 71.3 Å². The lowest BCUT2D eigenvalue weighted by Gasteiger charge is -2.44. The highest BCUT2D eigenvalue weighted by Gasteiger charge is 2.59. The molecule has 16 heteroatoms. The van der Waals surface area contributed by atoms with Gasteiger partial charge in [0.2, 0.25) is 5.91 Å². The molecule has 5 amide bonds. The number of ether oxygens (including phenoxy) is 2. The van der Waals surface area contributed by atoms with Gasteiger partial charge in [-0.05, 0) is 91.2 Å². The second kappa shape index (κ2) is 19.4. The van der Waals surface area contributed by atoms with E-state index in [9.17, 15) is 33.9 Å². The van der Waals surface area contributed by atoms with E-state index >= 15 is 0 Å². The number of primary amides is 1. The van der Waals surface area contributed by atoms with E-state index in [4.69, 9.17) is 19.6 Å². The quantitative estimate of drug-likeness (QED) is 0.0544. The Morgan fingerprint density at radius 3 is 2.32 bits per heavy atom. The van der Waals surface area contributed by atoms with E-state index in [1.54, 1.807) is 37.3 Å². The number of Topliss-reactive ketones (excluding diaryl/α,β-unsaturated/α-hetero) is 1. The van der Waals surface area contributed by atoms with Crippen LogP contribution in [0.25, 0.3) is 0 Å². The van der Waals surface area contributed by atoms with Gasteiger partial charge in [-0.15, -0.1) is 0 Å². The highest BCUT2D eigenvalue weighted by molar-refractivity contribution is 6.74. The summed E-state index contributed by atoms with van der Waals surface area (Å²) in [6.45, 7) is 20.1. The molecule has 62 heavy (non-hydrogen) atoms. The van der Waals surface area contributed by atoms with E-state index < -0.39 is 56.5 Å². The number of ketones is 1. The summed E-state index contributed by atoms with van der Waals surface area (Å²) in [6.07, 6.45) is 2.94. The maximum Gasteiger partial charge on any atom is 0.416 e. The van der Waals surface area contributed by atoms with Crippen LogP contribution in [0.4, 0.5) is 15.3 Å². The molecule has 1 saturated heterocycles. The summed E-state index contributed by atoms with van der Waals surface area (Å²) in [5, 5.41) is 16.1. The van der Waals surface area contributed by atoms with E-state index in [0.717, 1.165) is 12.8 Å². The molecule has 2 heterocycles. The van der Waals surface area contributed by atoms with Gasteiger partial charge in [0.05, 0.1) is 35.7 Å². The fourth-order valence-corrected chi connectivity index (χ4v) is 9.09. The van der Waals surface area contributed by atoms with Crippen molar-refractivity contribution in [2.45, 2.75) is 130 Å². The number of rotatable bonds is 18. The predicted molar refractivity (Wildman–Crippen MR) is 237 cm³/mol. The molecule has 338 valence electrons. The number of urea groups is 1. The number of hydrogen-bond donors (Lipinski definition) is 4. The molecule has 5 rings (SSSR count). The molecule has 5 N–H and O–H groups in total. The van der Waals surface area contributed by atoms with Crippen LogP contribution in [0.1, 0.15) is 100 Å². The summed E-state index contributed by atoms with van der Waals surface area (Å²) in [7, 11) is -2.56. The number of amides is 5. The zero-order valence-electron chi connectivity index (χ0n) is 37.5. The third-order valence-electron chi connectivity index (χ3n) is 12.9. The number of hydrogen-bond acceptors (Lipinski definition) is 10. The normalized spacial score (nSPS) is 18.9. The Morgan fingerprint density at radius 2 is 1.73 bits per heavy atom. The average molecular weight is 876 g/mol. The number of benzene rings is 2. The Morgan fingerprint density at radius 1 is 1.06 bits per heavy atom. The van der Waals surface area contributed by atoms with Crippen molar-refractivity contribution in [2.24, 2.45) is 23.0 Å². The average Bonchev–Trinajstić information content (AvgIpc) is 3.86.